The van der Waals surface area contributed by atoms with Crippen molar-refractivity contribution in [2.24, 2.45) is 5.92 Å². The standard InChI is InChI=1S/C20H19F3N2O6S2/c1-11(2)10-25-17(24(3)19(27)28)16(15-5-4-8-32-15)14-9-12(6-7-13(14)18(25)26)31-33(29,30)20(21,22)23/h4-9,11H,10H2,1-3H3,(H,27,28). The van der Waals surface area contributed by atoms with E-state index in [1.807, 2.05) is 13.8 Å². The fraction of sp³-hybridized carbons (Fsp3) is 0.300. The van der Waals surface area contributed by atoms with Crippen molar-refractivity contribution in [2.75, 3.05) is 11.9 Å². The number of pyridine rings is 1. The minimum Gasteiger partial charge on any atom is -0.465 e. The predicted octanol–water partition coefficient (Wildman–Crippen LogP) is 4.73. The van der Waals surface area contributed by atoms with Crippen molar-refractivity contribution in [1.82, 2.24) is 4.57 Å². The quantitative estimate of drug-likeness (QED) is 0.384. The van der Waals surface area contributed by atoms with Crippen LogP contribution in [0.4, 0.5) is 23.8 Å². The van der Waals surface area contributed by atoms with Gasteiger partial charge in [-0.3, -0.25) is 14.3 Å². The van der Waals surface area contributed by atoms with Gasteiger partial charge in [0.05, 0.1) is 0 Å². The second-order valence-corrected chi connectivity index (χ2v) is 10.0. The van der Waals surface area contributed by atoms with Crippen molar-refractivity contribution in [3.05, 3.63) is 46.1 Å². The number of rotatable bonds is 6. The topological polar surface area (TPSA) is 106 Å². The van der Waals surface area contributed by atoms with Crippen LogP contribution in [0.25, 0.3) is 21.2 Å². The van der Waals surface area contributed by atoms with Crippen molar-refractivity contribution in [1.29, 1.82) is 0 Å². The summed E-state index contributed by atoms with van der Waals surface area (Å²) in [6.45, 7) is 3.84. The maximum atomic E-state index is 13.3. The number of aromatic nitrogens is 1. The van der Waals surface area contributed by atoms with Crippen LogP contribution in [0, 0.1) is 5.92 Å². The average molecular weight is 505 g/mol. The molecule has 1 N–H and O–H groups in total. The number of fused-ring (bicyclic) bond motifs is 1. The van der Waals surface area contributed by atoms with E-state index in [1.165, 1.54) is 23.0 Å². The molecule has 0 aliphatic rings. The molecule has 2 aromatic heterocycles. The van der Waals surface area contributed by atoms with E-state index in [4.69, 9.17) is 0 Å². The molecule has 13 heteroatoms. The highest BCUT2D eigenvalue weighted by Crippen LogP contribution is 2.40. The number of hydrogen-bond donors (Lipinski definition) is 1. The number of carbonyl (C=O) groups is 1. The molecule has 0 unspecified atom stereocenters. The summed E-state index contributed by atoms with van der Waals surface area (Å²) < 4.78 is 66.9. The zero-order valence-electron chi connectivity index (χ0n) is 17.6. The summed E-state index contributed by atoms with van der Waals surface area (Å²) in [5.74, 6) is -0.702. The Labute approximate surface area is 190 Å². The number of benzene rings is 1. The molecule has 8 nitrogen and oxygen atoms in total. The minimum absolute atomic E-state index is 0.00646. The Morgan fingerprint density at radius 3 is 2.42 bits per heavy atom. The monoisotopic (exact) mass is 504 g/mol. The summed E-state index contributed by atoms with van der Waals surface area (Å²) in [5, 5.41) is 11.5. The first-order chi connectivity index (χ1) is 15.2. The second kappa shape index (κ2) is 8.71. The summed E-state index contributed by atoms with van der Waals surface area (Å²) in [6.07, 6.45) is -1.36. The van der Waals surface area contributed by atoms with Gasteiger partial charge in [-0.1, -0.05) is 19.9 Å². The molecule has 0 bridgehead atoms. The van der Waals surface area contributed by atoms with Crippen molar-refractivity contribution < 1.29 is 35.7 Å². The van der Waals surface area contributed by atoms with Gasteiger partial charge in [0.25, 0.3) is 5.56 Å². The second-order valence-electron chi connectivity index (χ2n) is 7.52. The van der Waals surface area contributed by atoms with E-state index in [1.54, 1.807) is 17.5 Å². The molecule has 0 spiro atoms. The number of halogens is 3. The van der Waals surface area contributed by atoms with Gasteiger partial charge in [0.2, 0.25) is 0 Å². The molecule has 3 rings (SSSR count). The highest BCUT2D eigenvalue weighted by atomic mass is 32.2. The summed E-state index contributed by atoms with van der Waals surface area (Å²) in [6, 6.07) is 6.45. The number of thiophene rings is 1. The molecule has 0 atom stereocenters. The lowest BCUT2D eigenvalue weighted by molar-refractivity contribution is -0.0500. The van der Waals surface area contributed by atoms with E-state index in [2.05, 4.69) is 4.18 Å². The average Bonchev–Trinajstić information content (AvgIpc) is 3.22. The van der Waals surface area contributed by atoms with Gasteiger partial charge in [-0.2, -0.15) is 21.6 Å². The Morgan fingerprint density at radius 1 is 1.24 bits per heavy atom. The summed E-state index contributed by atoms with van der Waals surface area (Å²) in [7, 11) is -4.70. The van der Waals surface area contributed by atoms with Crippen LogP contribution in [0.1, 0.15) is 13.8 Å². The van der Waals surface area contributed by atoms with Gasteiger partial charge in [0.1, 0.15) is 11.6 Å². The van der Waals surface area contributed by atoms with Gasteiger partial charge >= 0.3 is 21.7 Å². The first-order valence-electron chi connectivity index (χ1n) is 9.46. The zero-order chi connectivity index (χ0) is 24.7. The maximum absolute atomic E-state index is 13.3. The van der Waals surface area contributed by atoms with Gasteiger partial charge in [-0.25, -0.2) is 4.79 Å². The Balaban J connectivity index is 2.43. The molecule has 0 saturated heterocycles. The number of anilines is 1. The lowest BCUT2D eigenvalue weighted by Crippen LogP contribution is -2.34. The highest BCUT2D eigenvalue weighted by Gasteiger charge is 2.48. The molecule has 2 heterocycles. The lowest BCUT2D eigenvalue weighted by atomic mass is 10.0. The third-order valence-electron chi connectivity index (χ3n) is 4.62. The molecule has 0 fully saturated rings. The van der Waals surface area contributed by atoms with E-state index in [9.17, 15) is 36.3 Å². The third-order valence-corrected chi connectivity index (χ3v) is 6.49. The highest BCUT2D eigenvalue weighted by molar-refractivity contribution is 7.88. The first-order valence-corrected chi connectivity index (χ1v) is 11.7. The number of nitrogens with zero attached hydrogens (tertiary/aromatic N) is 2. The van der Waals surface area contributed by atoms with Crippen LogP contribution in [-0.4, -0.2) is 36.7 Å². The van der Waals surface area contributed by atoms with E-state index in [-0.39, 0.29) is 34.6 Å². The smallest absolute Gasteiger partial charge is 0.465 e. The molecule has 1 amide bonds. The van der Waals surface area contributed by atoms with Crippen LogP contribution in [0.3, 0.4) is 0 Å². The molecular weight excluding hydrogens is 485 g/mol. The third kappa shape index (κ3) is 4.69. The number of amides is 1. The molecular formula is C20H19F3N2O6S2. The van der Waals surface area contributed by atoms with Gasteiger partial charge in [-0.05, 0) is 35.6 Å². The summed E-state index contributed by atoms with van der Waals surface area (Å²) in [5.41, 5.74) is -5.97. The fourth-order valence-electron chi connectivity index (χ4n) is 3.28. The first kappa shape index (κ1) is 24.6. The maximum Gasteiger partial charge on any atom is 0.534 e. The SMILES string of the molecule is CC(C)Cn1c(N(C)C(=O)O)c(-c2cccs2)c2cc(OS(=O)(=O)C(F)(F)F)ccc2c1=O. The normalized spacial score (nSPS) is 12.3. The zero-order valence-corrected chi connectivity index (χ0v) is 19.2. The number of alkyl halides is 3. The van der Waals surface area contributed by atoms with Crippen molar-refractivity contribution >= 4 is 44.1 Å². The Kier molecular flexibility index (Phi) is 6.48. The Hall–Kier alpha value is -3.06. The van der Waals surface area contributed by atoms with Crippen LogP contribution in [0.15, 0.2) is 40.5 Å². The Morgan fingerprint density at radius 2 is 1.91 bits per heavy atom. The molecule has 0 radical (unpaired) electrons. The minimum atomic E-state index is -5.95. The van der Waals surface area contributed by atoms with E-state index >= 15 is 0 Å². The Bertz CT molecular complexity index is 1360. The van der Waals surface area contributed by atoms with E-state index in [0.717, 1.165) is 23.1 Å². The molecule has 1 aromatic carbocycles. The van der Waals surface area contributed by atoms with Crippen molar-refractivity contribution in [2.45, 2.75) is 25.9 Å². The van der Waals surface area contributed by atoms with Crippen LogP contribution >= 0.6 is 11.3 Å². The summed E-state index contributed by atoms with van der Waals surface area (Å²) >= 11 is 1.22. The van der Waals surface area contributed by atoms with Gasteiger partial charge < -0.3 is 9.29 Å². The largest absolute Gasteiger partial charge is 0.534 e. The molecule has 0 aliphatic heterocycles. The molecule has 0 aliphatic carbocycles. The van der Waals surface area contributed by atoms with Crippen LogP contribution in [-0.2, 0) is 16.7 Å². The van der Waals surface area contributed by atoms with E-state index in [0.29, 0.717) is 4.88 Å². The molecule has 33 heavy (non-hydrogen) atoms. The lowest BCUT2D eigenvalue weighted by Gasteiger charge is -2.25. The molecule has 0 saturated carbocycles. The van der Waals surface area contributed by atoms with Crippen LogP contribution in [0.5, 0.6) is 5.75 Å². The predicted molar refractivity (Wildman–Crippen MR) is 118 cm³/mol. The van der Waals surface area contributed by atoms with E-state index < -0.39 is 33.0 Å². The van der Waals surface area contributed by atoms with Crippen molar-refractivity contribution in [3.8, 4) is 16.2 Å². The van der Waals surface area contributed by atoms with Crippen LogP contribution < -0.4 is 14.6 Å². The fourth-order valence-corrected chi connectivity index (χ4v) is 4.51. The van der Waals surface area contributed by atoms with Gasteiger partial charge in [0.15, 0.2) is 0 Å². The van der Waals surface area contributed by atoms with Gasteiger partial charge in [-0.15, -0.1) is 11.3 Å². The number of hydrogen-bond acceptors (Lipinski definition) is 6. The van der Waals surface area contributed by atoms with Crippen LogP contribution in [0.2, 0.25) is 0 Å². The molecule has 3 aromatic rings. The molecule has 178 valence electrons. The number of carboxylic acid groups (broad SMARTS) is 1. The van der Waals surface area contributed by atoms with Crippen molar-refractivity contribution in [3.63, 3.8) is 0 Å². The summed E-state index contributed by atoms with van der Waals surface area (Å²) in [4.78, 5) is 26.5. The van der Waals surface area contributed by atoms with Gasteiger partial charge in [0, 0.05) is 34.8 Å².